The zero-order valence-electron chi connectivity index (χ0n) is 19.5. The van der Waals surface area contributed by atoms with Gasteiger partial charge in [0.25, 0.3) is 0 Å². The van der Waals surface area contributed by atoms with Crippen LogP contribution in [0.5, 0.6) is 0 Å². The summed E-state index contributed by atoms with van der Waals surface area (Å²) in [6.07, 6.45) is 6.58. The lowest BCUT2D eigenvalue weighted by molar-refractivity contribution is -0.140. The number of ether oxygens (including phenoxy) is 1. The largest absolute Gasteiger partial charge is 0.378 e. The van der Waals surface area contributed by atoms with Gasteiger partial charge in [0, 0.05) is 38.5 Å². The van der Waals surface area contributed by atoms with Gasteiger partial charge in [-0.3, -0.25) is 14.4 Å². The molecule has 0 spiro atoms. The first-order valence-corrected chi connectivity index (χ1v) is 12.2. The van der Waals surface area contributed by atoms with Crippen molar-refractivity contribution < 1.29 is 19.1 Å². The molecule has 1 saturated heterocycles. The van der Waals surface area contributed by atoms with E-state index in [-0.39, 0.29) is 24.8 Å². The summed E-state index contributed by atoms with van der Waals surface area (Å²) in [5.74, 6) is -0.881. The number of carbonyl (C=O) groups excluding carboxylic acids is 3. The molecule has 1 aliphatic heterocycles. The second-order valence-electron chi connectivity index (χ2n) is 9.21. The number of nitrogens with zero attached hydrogens (tertiary/aromatic N) is 1. The number of morpholine rings is 1. The van der Waals surface area contributed by atoms with Crippen LogP contribution in [0.3, 0.4) is 0 Å². The zero-order chi connectivity index (χ0) is 23.5. The molecule has 2 atom stereocenters. The highest BCUT2D eigenvalue weighted by Crippen LogP contribution is 2.30. The average molecular weight is 459 g/mol. The van der Waals surface area contributed by atoms with Gasteiger partial charge < -0.3 is 26.0 Å². The van der Waals surface area contributed by atoms with Gasteiger partial charge in [0.1, 0.15) is 6.04 Å². The number of hydrogen-bond donors (Lipinski definition) is 3. The molecule has 0 radical (unpaired) electrons. The predicted molar refractivity (Wildman–Crippen MR) is 126 cm³/mol. The van der Waals surface area contributed by atoms with E-state index in [1.807, 2.05) is 30.3 Å². The Morgan fingerprint density at radius 3 is 2.42 bits per heavy atom. The molecule has 3 amide bonds. The van der Waals surface area contributed by atoms with E-state index in [1.54, 1.807) is 4.90 Å². The van der Waals surface area contributed by atoms with Crippen LogP contribution in [0.2, 0.25) is 0 Å². The molecular weight excluding hydrogens is 420 g/mol. The van der Waals surface area contributed by atoms with Gasteiger partial charge in [-0.25, -0.2) is 0 Å². The maximum Gasteiger partial charge on any atom is 0.241 e. The molecular formula is C25H38N4O4. The van der Waals surface area contributed by atoms with Crippen LogP contribution in [0.25, 0.3) is 0 Å². The first-order valence-electron chi connectivity index (χ1n) is 12.2. The number of amides is 3. The quantitative estimate of drug-likeness (QED) is 0.466. The van der Waals surface area contributed by atoms with Gasteiger partial charge in [0.2, 0.25) is 17.7 Å². The fourth-order valence-electron chi connectivity index (χ4n) is 4.73. The van der Waals surface area contributed by atoms with Gasteiger partial charge in [0.05, 0.1) is 13.2 Å². The van der Waals surface area contributed by atoms with Crippen molar-refractivity contribution in [2.24, 2.45) is 17.6 Å². The number of hydrogen-bond acceptors (Lipinski definition) is 5. The Kier molecular flexibility index (Phi) is 10.2. The molecule has 2 aliphatic rings. The number of nitrogens with two attached hydrogens (primary N) is 1. The summed E-state index contributed by atoms with van der Waals surface area (Å²) in [7, 11) is 0. The van der Waals surface area contributed by atoms with Crippen molar-refractivity contribution in [3.63, 3.8) is 0 Å². The number of rotatable bonds is 11. The number of benzene rings is 1. The molecule has 0 aromatic heterocycles. The van der Waals surface area contributed by atoms with Crippen LogP contribution in [-0.2, 0) is 25.7 Å². The van der Waals surface area contributed by atoms with E-state index in [2.05, 4.69) is 10.6 Å². The van der Waals surface area contributed by atoms with Crippen LogP contribution in [-0.4, -0.2) is 61.5 Å². The minimum absolute atomic E-state index is 0.0212. The zero-order valence-corrected chi connectivity index (χ0v) is 19.5. The minimum Gasteiger partial charge on any atom is -0.378 e. The van der Waals surface area contributed by atoms with Crippen LogP contribution < -0.4 is 16.4 Å². The van der Waals surface area contributed by atoms with E-state index >= 15 is 0 Å². The lowest BCUT2D eigenvalue weighted by Gasteiger charge is -2.30. The smallest absolute Gasteiger partial charge is 0.241 e. The normalized spacial score (nSPS) is 19.0. The van der Waals surface area contributed by atoms with Crippen LogP contribution in [0.1, 0.15) is 50.5 Å². The molecule has 1 heterocycles. The Bertz CT molecular complexity index is 761. The van der Waals surface area contributed by atoms with Gasteiger partial charge >= 0.3 is 0 Å². The standard InChI is InChI=1S/C25H38N4O4/c26-24(31)22(18-27-17-20-9-5-2-6-10-20)28-25(32)21(15-19-7-3-1-4-8-19)16-23(30)29-11-13-33-14-12-29/h2,5-6,9-10,19,21-22,27H,1,3-4,7-8,11-18H2,(H2,26,31)(H,28,32)/t21-,22-/m1/s1. The third kappa shape index (κ3) is 8.44. The molecule has 2 fully saturated rings. The molecule has 1 aromatic rings. The van der Waals surface area contributed by atoms with E-state index in [9.17, 15) is 14.4 Å². The van der Waals surface area contributed by atoms with Crippen molar-refractivity contribution in [1.29, 1.82) is 0 Å². The lowest BCUT2D eigenvalue weighted by Crippen LogP contribution is -2.52. The molecule has 3 rings (SSSR count). The summed E-state index contributed by atoms with van der Waals surface area (Å²) in [4.78, 5) is 39.9. The van der Waals surface area contributed by atoms with Gasteiger partial charge in [-0.2, -0.15) is 0 Å². The summed E-state index contributed by atoms with van der Waals surface area (Å²) < 4.78 is 5.34. The van der Waals surface area contributed by atoms with Crippen LogP contribution in [0.4, 0.5) is 0 Å². The topological polar surface area (TPSA) is 114 Å². The predicted octanol–water partition coefficient (Wildman–Crippen LogP) is 1.58. The molecule has 1 saturated carbocycles. The first kappa shape index (κ1) is 25.2. The van der Waals surface area contributed by atoms with E-state index in [0.29, 0.717) is 45.2 Å². The minimum atomic E-state index is -0.825. The fourth-order valence-corrected chi connectivity index (χ4v) is 4.73. The number of carbonyl (C=O) groups is 3. The molecule has 0 bridgehead atoms. The van der Waals surface area contributed by atoms with Crippen molar-refractivity contribution in [2.75, 3.05) is 32.8 Å². The Labute approximate surface area is 196 Å². The summed E-state index contributed by atoms with van der Waals surface area (Å²) in [6.45, 7) is 2.99. The van der Waals surface area contributed by atoms with E-state index < -0.39 is 17.9 Å². The molecule has 8 nitrogen and oxygen atoms in total. The average Bonchev–Trinajstić information content (AvgIpc) is 2.84. The summed E-state index contributed by atoms with van der Waals surface area (Å²) >= 11 is 0. The van der Waals surface area contributed by atoms with E-state index in [0.717, 1.165) is 18.4 Å². The second-order valence-corrected chi connectivity index (χ2v) is 9.21. The maximum absolute atomic E-state index is 13.2. The van der Waals surface area contributed by atoms with E-state index in [1.165, 1.54) is 19.3 Å². The highest BCUT2D eigenvalue weighted by molar-refractivity contribution is 5.90. The molecule has 1 aliphatic carbocycles. The van der Waals surface area contributed by atoms with Crippen molar-refractivity contribution in [1.82, 2.24) is 15.5 Å². The third-order valence-corrected chi connectivity index (χ3v) is 6.68. The maximum atomic E-state index is 13.2. The second kappa shape index (κ2) is 13.3. The Morgan fingerprint density at radius 1 is 1.06 bits per heavy atom. The molecule has 33 heavy (non-hydrogen) atoms. The van der Waals surface area contributed by atoms with Gasteiger partial charge in [-0.05, 0) is 17.9 Å². The van der Waals surface area contributed by atoms with Crippen LogP contribution >= 0.6 is 0 Å². The molecule has 1 aromatic carbocycles. The molecule has 4 N–H and O–H groups in total. The summed E-state index contributed by atoms with van der Waals surface area (Å²) in [6, 6.07) is 9.00. The fraction of sp³-hybridized carbons (Fsp3) is 0.640. The van der Waals surface area contributed by atoms with Crippen molar-refractivity contribution in [3.05, 3.63) is 35.9 Å². The van der Waals surface area contributed by atoms with Crippen molar-refractivity contribution in [3.8, 4) is 0 Å². The van der Waals surface area contributed by atoms with Crippen molar-refractivity contribution >= 4 is 17.7 Å². The van der Waals surface area contributed by atoms with Crippen LogP contribution in [0.15, 0.2) is 30.3 Å². The SMILES string of the molecule is NC(=O)[C@@H](CNCc1ccccc1)NC(=O)[C@@H](CC(=O)N1CCOCC1)CC1CCCCC1. The number of nitrogens with one attached hydrogen (secondary N) is 2. The Balaban J connectivity index is 1.59. The van der Waals surface area contributed by atoms with E-state index in [4.69, 9.17) is 10.5 Å². The monoisotopic (exact) mass is 458 g/mol. The van der Waals surface area contributed by atoms with Gasteiger partial charge in [0.15, 0.2) is 0 Å². The number of primary amides is 1. The highest BCUT2D eigenvalue weighted by atomic mass is 16.5. The lowest BCUT2D eigenvalue weighted by atomic mass is 9.81. The van der Waals surface area contributed by atoms with Crippen molar-refractivity contribution in [2.45, 2.75) is 57.5 Å². The van der Waals surface area contributed by atoms with Gasteiger partial charge in [-0.1, -0.05) is 62.4 Å². The molecule has 0 unspecified atom stereocenters. The van der Waals surface area contributed by atoms with Crippen LogP contribution in [0, 0.1) is 11.8 Å². The van der Waals surface area contributed by atoms with Gasteiger partial charge in [-0.15, -0.1) is 0 Å². The summed E-state index contributed by atoms with van der Waals surface area (Å²) in [5.41, 5.74) is 6.67. The summed E-state index contributed by atoms with van der Waals surface area (Å²) in [5, 5.41) is 6.03. The molecule has 182 valence electrons. The Hall–Kier alpha value is -2.45. The highest BCUT2D eigenvalue weighted by Gasteiger charge is 2.31. The Morgan fingerprint density at radius 2 is 1.76 bits per heavy atom. The third-order valence-electron chi connectivity index (χ3n) is 6.68. The molecule has 8 heteroatoms. The first-order chi connectivity index (χ1) is 16.0.